The van der Waals surface area contributed by atoms with Gasteiger partial charge in [-0.15, -0.1) is 0 Å². The summed E-state index contributed by atoms with van der Waals surface area (Å²) in [5.74, 6) is 0. The molecule has 102 valence electrons. The number of pyridine rings is 1. The molecule has 1 heterocycles. The van der Waals surface area contributed by atoms with E-state index in [2.05, 4.69) is 37.6 Å². The first-order chi connectivity index (χ1) is 8.43. The van der Waals surface area contributed by atoms with Crippen molar-refractivity contribution in [2.24, 2.45) is 5.41 Å². The van der Waals surface area contributed by atoms with Crippen LogP contribution < -0.4 is 0 Å². The second kappa shape index (κ2) is 6.86. The molecule has 0 aromatic carbocycles. The van der Waals surface area contributed by atoms with Gasteiger partial charge in [0.05, 0.1) is 11.8 Å². The Labute approximate surface area is 111 Å². The van der Waals surface area contributed by atoms with Gasteiger partial charge in [-0.1, -0.05) is 33.8 Å². The van der Waals surface area contributed by atoms with E-state index in [9.17, 15) is 5.11 Å². The Morgan fingerprint density at radius 2 is 2.06 bits per heavy atom. The summed E-state index contributed by atoms with van der Waals surface area (Å²) in [5.41, 5.74) is 1.05. The van der Waals surface area contributed by atoms with Crippen molar-refractivity contribution < 1.29 is 5.11 Å². The third-order valence-corrected chi connectivity index (χ3v) is 3.28. The van der Waals surface area contributed by atoms with Crippen LogP contribution in [0, 0.1) is 5.41 Å². The average Bonchev–Trinajstić information content (AvgIpc) is 2.34. The van der Waals surface area contributed by atoms with Crippen LogP contribution in [0.25, 0.3) is 0 Å². The van der Waals surface area contributed by atoms with Crippen molar-refractivity contribution in [3.63, 3.8) is 0 Å². The number of rotatable bonds is 6. The van der Waals surface area contributed by atoms with Gasteiger partial charge in [0, 0.05) is 19.3 Å². The van der Waals surface area contributed by atoms with Crippen LogP contribution in [-0.4, -0.2) is 34.2 Å². The Bertz CT molecular complexity index is 332. The number of aliphatic hydroxyl groups is 1. The first kappa shape index (κ1) is 15.1. The maximum absolute atomic E-state index is 10.1. The van der Waals surface area contributed by atoms with E-state index in [1.165, 1.54) is 0 Å². The van der Waals surface area contributed by atoms with Gasteiger partial charge in [-0.25, -0.2) is 0 Å². The second-order valence-corrected chi connectivity index (χ2v) is 5.86. The molecule has 0 aliphatic rings. The molecular formula is C15H26N2O. The van der Waals surface area contributed by atoms with Crippen LogP contribution in [0.5, 0.6) is 0 Å². The van der Waals surface area contributed by atoms with Crippen LogP contribution in [-0.2, 0) is 6.54 Å². The van der Waals surface area contributed by atoms with Crippen LogP contribution in [0.4, 0.5) is 0 Å². The molecule has 1 rings (SSSR count). The molecule has 3 nitrogen and oxygen atoms in total. The highest BCUT2D eigenvalue weighted by molar-refractivity contribution is 5.03. The topological polar surface area (TPSA) is 36.4 Å². The lowest BCUT2D eigenvalue weighted by Crippen LogP contribution is -2.32. The van der Waals surface area contributed by atoms with Crippen LogP contribution >= 0.6 is 0 Å². The maximum atomic E-state index is 10.1. The Hall–Kier alpha value is -0.930. The zero-order chi connectivity index (χ0) is 13.6. The summed E-state index contributed by atoms with van der Waals surface area (Å²) in [7, 11) is 0. The van der Waals surface area contributed by atoms with Crippen molar-refractivity contribution in [2.45, 2.75) is 46.8 Å². The van der Waals surface area contributed by atoms with Crippen molar-refractivity contribution in [2.75, 3.05) is 13.1 Å². The van der Waals surface area contributed by atoms with Crippen molar-refractivity contribution in [1.29, 1.82) is 0 Å². The fourth-order valence-corrected chi connectivity index (χ4v) is 1.81. The summed E-state index contributed by atoms with van der Waals surface area (Å²) in [4.78, 5) is 6.65. The molecule has 0 saturated carbocycles. The van der Waals surface area contributed by atoms with E-state index in [1.807, 2.05) is 24.4 Å². The molecule has 18 heavy (non-hydrogen) atoms. The quantitative estimate of drug-likeness (QED) is 0.843. The monoisotopic (exact) mass is 250 g/mol. The highest BCUT2D eigenvalue weighted by Crippen LogP contribution is 2.21. The summed E-state index contributed by atoms with van der Waals surface area (Å²) in [6, 6.07) is 5.99. The Balaban J connectivity index is 2.43. The minimum atomic E-state index is -0.254. The normalized spacial score (nSPS) is 13.9. The minimum Gasteiger partial charge on any atom is -0.393 e. The Kier molecular flexibility index (Phi) is 5.76. The summed E-state index contributed by atoms with van der Waals surface area (Å²) in [5, 5.41) is 10.1. The largest absolute Gasteiger partial charge is 0.393 e. The van der Waals surface area contributed by atoms with Crippen molar-refractivity contribution in [1.82, 2.24) is 9.88 Å². The van der Waals surface area contributed by atoms with E-state index in [4.69, 9.17) is 0 Å². The summed E-state index contributed by atoms with van der Waals surface area (Å²) in [6.07, 6.45) is 2.38. The third-order valence-electron chi connectivity index (χ3n) is 3.28. The Morgan fingerprint density at radius 3 is 2.56 bits per heavy atom. The van der Waals surface area contributed by atoms with Crippen LogP contribution in [0.1, 0.15) is 39.8 Å². The van der Waals surface area contributed by atoms with Crippen LogP contribution in [0.15, 0.2) is 24.4 Å². The van der Waals surface area contributed by atoms with Gasteiger partial charge in [-0.2, -0.15) is 0 Å². The minimum absolute atomic E-state index is 0.0373. The second-order valence-electron chi connectivity index (χ2n) is 5.86. The lowest BCUT2D eigenvalue weighted by molar-refractivity contribution is 0.0452. The van der Waals surface area contributed by atoms with Gasteiger partial charge in [0.2, 0.25) is 0 Å². The zero-order valence-electron chi connectivity index (χ0n) is 12.1. The number of hydrogen-bond acceptors (Lipinski definition) is 3. The van der Waals surface area contributed by atoms with E-state index < -0.39 is 0 Å². The van der Waals surface area contributed by atoms with Gasteiger partial charge in [0.15, 0.2) is 0 Å². The van der Waals surface area contributed by atoms with E-state index in [1.54, 1.807) is 0 Å². The first-order valence-electron chi connectivity index (χ1n) is 6.73. The molecule has 1 atom stereocenters. The fourth-order valence-electron chi connectivity index (χ4n) is 1.81. The number of hydrogen-bond donors (Lipinski definition) is 1. The van der Waals surface area contributed by atoms with Crippen LogP contribution in [0.2, 0.25) is 0 Å². The molecule has 0 aliphatic carbocycles. The molecule has 0 amide bonds. The molecular weight excluding hydrogens is 224 g/mol. The highest BCUT2D eigenvalue weighted by Gasteiger charge is 2.22. The molecule has 0 fully saturated rings. The average molecular weight is 250 g/mol. The molecule has 1 aromatic rings. The van der Waals surface area contributed by atoms with Gasteiger partial charge in [-0.05, 0) is 30.5 Å². The fraction of sp³-hybridized carbons (Fsp3) is 0.667. The van der Waals surface area contributed by atoms with E-state index in [-0.39, 0.29) is 11.5 Å². The predicted molar refractivity (Wildman–Crippen MR) is 75.3 cm³/mol. The molecule has 0 aliphatic heterocycles. The Morgan fingerprint density at radius 1 is 1.33 bits per heavy atom. The third kappa shape index (κ3) is 5.15. The van der Waals surface area contributed by atoms with Gasteiger partial charge >= 0.3 is 0 Å². The van der Waals surface area contributed by atoms with Gasteiger partial charge < -0.3 is 5.11 Å². The smallest absolute Gasteiger partial charge is 0.0600 e. The molecule has 1 aromatic heterocycles. The molecule has 0 radical (unpaired) electrons. The number of aliphatic hydroxyl groups excluding tert-OH is 1. The van der Waals surface area contributed by atoms with Gasteiger partial charge in [0.1, 0.15) is 0 Å². The molecule has 0 spiro atoms. The van der Waals surface area contributed by atoms with E-state index in [0.29, 0.717) is 0 Å². The van der Waals surface area contributed by atoms with Crippen molar-refractivity contribution in [3.05, 3.63) is 30.1 Å². The first-order valence-corrected chi connectivity index (χ1v) is 6.73. The molecule has 3 heteroatoms. The molecule has 1 unspecified atom stereocenters. The molecule has 0 bridgehead atoms. The van der Waals surface area contributed by atoms with Crippen LogP contribution in [0.3, 0.4) is 0 Å². The summed E-state index contributed by atoms with van der Waals surface area (Å²) >= 11 is 0. The van der Waals surface area contributed by atoms with Gasteiger partial charge in [-0.3, -0.25) is 9.88 Å². The van der Waals surface area contributed by atoms with E-state index >= 15 is 0 Å². The predicted octanol–water partition coefficient (Wildman–Crippen LogP) is 2.70. The van der Waals surface area contributed by atoms with Crippen molar-refractivity contribution >= 4 is 0 Å². The molecule has 0 saturated heterocycles. The zero-order valence-corrected chi connectivity index (χ0v) is 12.1. The van der Waals surface area contributed by atoms with Crippen molar-refractivity contribution in [3.8, 4) is 0 Å². The summed E-state index contributed by atoms with van der Waals surface area (Å²) in [6.45, 7) is 11.1. The lowest BCUT2D eigenvalue weighted by Gasteiger charge is -2.28. The van der Waals surface area contributed by atoms with E-state index in [0.717, 1.165) is 31.7 Å². The lowest BCUT2D eigenvalue weighted by atomic mass is 9.87. The highest BCUT2D eigenvalue weighted by atomic mass is 16.3. The number of nitrogens with zero attached hydrogens (tertiary/aromatic N) is 2. The SMILES string of the molecule is CCN(CCC(O)C(C)(C)C)Cc1ccccn1. The standard InChI is InChI=1S/C15H26N2O/c1-5-17(11-9-14(18)15(2,3)4)12-13-8-6-7-10-16-13/h6-8,10,14,18H,5,9,11-12H2,1-4H3. The molecule has 1 N–H and O–H groups in total. The van der Waals surface area contributed by atoms with Gasteiger partial charge in [0.25, 0.3) is 0 Å². The maximum Gasteiger partial charge on any atom is 0.0600 e. The number of aromatic nitrogens is 1. The summed E-state index contributed by atoms with van der Waals surface area (Å²) < 4.78 is 0.